The van der Waals surface area contributed by atoms with E-state index in [1.807, 2.05) is 30.5 Å². The summed E-state index contributed by atoms with van der Waals surface area (Å²) < 4.78 is 5.57. The zero-order valence-corrected chi connectivity index (χ0v) is 10.3. The summed E-state index contributed by atoms with van der Waals surface area (Å²) in [5.41, 5.74) is 7.46. The summed E-state index contributed by atoms with van der Waals surface area (Å²) in [6.07, 6.45) is 0. The molecule has 1 heterocycles. The number of aromatic nitrogens is 1. The Kier molecular flexibility index (Phi) is 3.31. The molecule has 0 aliphatic rings. The third-order valence-electron chi connectivity index (χ3n) is 2.03. The van der Waals surface area contributed by atoms with Gasteiger partial charge in [0.1, 0.15) is 12.4 Å². The standard InChI is InChI=1S/C11H11ClN2OS/c1-7-2-3-9(12)10(4-7)15-5-8-6-16-11(13)14-8/h2-4,6H,5H2,1H3,(H2,13,14). The van der Waals surface area contributed by atoms with Gasteiger partial charge in [0.05, 0.1) is 10.7 Å². The Balaban J connectivity index is 2.07. The summed E-state index contributed by atoms with van der Waals surface area (Å²) in [6, 6.07) is 5.66. The number of rotatable bonds is 3. The molecule has 0 unspecified atom stereocenters. The number of thiazole rings is 1. The van der Waals surface area contributed by atoms with Crippen LogP contribution in [0.25, 0.3) is 0 Å². The Morgan fingerprint density at radius 2 is 2.31 bits per heavy atom. The van der Waals surface area contributed by atoms with Crippen LogP contribution in [0, 0.1) is 6.92 Å². The van der Waals surface area contributed by atoms with Crippen molar-refractivity contribution in [1.29, 1.82) is 0 Å². The normalized spacial score (nSPS) is 10.4. The Hall–Kier alpha value is -1.26. The molecule has 0 spiro atoms. The molecule has 2 aromatic rings. The molecule has 1 aromatic carbocycles. The lowest BCUT2D eigenvalue weighted by Crippen LogP contribution is -1.97. The number of hydrogen-bond acceptors (Lipinski definition) is 4. The van der Waals surface area contributed by atoms with E-state index in [4.69, 9.17) is 22.1 Å². The van der Waals surface area contributed by atoms with Crippen molar-refractivity contribution in [3.8, 4) is 5.75 Å². The minimum Gasteiger partial charge on any atom is -0.486 e. The van der Waals surface area contributed by atoms with Crippen molar-refractivity contribution in [2.45, 2.75) is 13.5 Å². The van der Waals surface area contributed by atoms with E-state index >= 15 is 0 Å². The second kappa shape index (κ2) is 4.72. The van der Waals surface area contributed by atoms with Crippen LogP contribution < -0.4 is 10.5 Å². The molecule has 0 aliphatic heterocycles. The Morgan fingerprint density at radius 3 is 3.00 bits per heavy atom. The number of nitrogens with zero attached hydrogens (tertiary/aromatic N) is 1. The van der Waals surface area contributed by atoms with Crippen molar-refractivity contribution in [2.24, 2.45) is 0 Å². The molecule has 3 nitrogen and oxygen atoms in total. The highest BCUT2D eigenvalue weighted by atomic mass is 35.5. The topological polar surface area (TPSA) is 48.1 Å². The zero-order valence-electron chi connectivity index (χ0n) is 8.74. The third-order valence-corrected chi connectivity index (χ3v) is 3.07. The van der Waals surface area contributed by atoms with Gasteiger partial charge >= 0.3 is 0 Å². The summed E-state index contributed by atoms with van der Waals surface area (Å²) in [5.74, 6) is 0.674. The molecule has 0 amide bonds. The molecule has 84 valence electrons. The van der Waals surface area contributed by atoms with E-state index in [1.165, 1.54) is 11.3 Å². The molecular formula is C11H11ClN2OS. The number of halogens is 1. The van der Waals surface area contributed by atoms with Crippen molar-refractivity contribution < 1.29 is 4.74 Å². The predicted octanol–water partition coefficient (Wildman–Crippen LogP) is 3.27. The molecular weight excluding hydrogens is 244 g/mol. The van der Waals surface area contributed by atoms with Crippen molar-refractivity contribution >= 4 is 28.1 Å². The van der Waals surface area contributed by atoms with E-state index < -0.39 is 0 Å². The molecule has 0 saturated carbocycles. The van der Waals surface area contributed by atoms with Gasteiger partial charge in [-0.3, -0.25) is 0 Å². The van der Waals surface area contributed by atoms with Crippen molar-refractivity contribution in [3.63, 3.8) is 0 Å². The van der Waals surface area contributed by atoms with Crippen molar-refractivity contribution in [1.82, 2.24) is 4.98 Å². The van der Waals surface area contributed by atoms with Gasteiger partial charge in [-0.1, -0.05) is 17.7 Å². The average Bonchev–Trinajstić information content (AvgIpc) is 2.66. The molecule has 1 aromatic heterocycles. The molecule has 2 N–H and O–H groups in total. The summed E-state index contributed by atoms with van der Waals surface area (Å²) in [6.45, 7) is 2.38. The number of nitrogen functional groups attached to an aromatic ring is 1. The third kappa shape index (κ3) is 2.65. The van der Waals surface area contributed by atoms with Crippen molar-refractivity contribution in [3.05, 3.63) is 39.9 Å². The SMILES string of the molecule is Cc1ccc(Cl)c(OCc2csc(N)n2)c1. The quantitative estimate of drug-likeness (QED) is 0.915. The van der Waals surface area contributed by atoms with Gasteiger partial charge in [-0.15, -0.1) is 11.3 Å². The van der Waals surface area contributed by atoms with Crippen LogP contribution in [0.3, 0.4) is 0 Å². The minimum absolute atomic E-state index is 0.386. The van der Waals surface area contributed by atoms with E-state index in [9.17, 15) is 0 Å². The van der Waals surface area contributed by atoms with Gasteiger partial charge in [-0.25, -0.2) is 4.98 Å². The first kappa shape index (κ1) is 11.2. The second-order valence-electron chi connectivity index (χ2n) is 3.40. The van der Waals surface area contributed by atoms with E-state index in [0.29, 0.717) is 22.5 Å². The van der Waals surface area contributed by atoms with Gasteiger partial charge in [0.25, 0.3) is 0 Å². The smallest absolute Gasteiger partial charge is 0.180 e. The van der Waals surface area contributed by atoms with E-state index in [-0.39, 0.29) is 0 Å². The molecule has 0 aliphatic carbocycles. The first-order chi connectivity index (χ1) is 7.65. The van der Waals surface area contributed by atoms with Crippen LogP contribution >= 0.6 is 22.9 Å². The lowest BCUT2D eigenvalue weighted by molar-refractivity contribution is 0.302. The largest absolute Gasteiger partial charge is 0.486 e. The fraction of sp³-hybridized carbons (Fsp3) is 0.182. The fourth-order valence-corrected chi connectivity index (χ4v) is 1.98. The van der Waals surface area contributed by atoms with Crippen LogP contribution in [0.5, 0.6) is 5.75 Å². The predicted molar refractivity (Wildman–Crippen MR) is 67.0 cm³/mol. The Bertz CT molecular complexity index is 498. The summed E-state index contributed by atoms with van der Waals surface area (Å²) in [5, 5.41) is 3.03. The van der Waals surface area contributed by atoms with Gasteiger partial charge in [0, 0.05) is 5.38 Å². The molecule has 0 fully saturated rings. The Morgan fingerprint density at radius 1 is 1.50 bits per heavy atom. The maximum absolute atomic E-state index is 6.00. The van der Waals surface area contributed by atoms with Crippen LogP contribution in [-0.2, 0) is 6.61 Å². The van der Waals surface area contributed by atoms with Crippen molar-refractivity contribution in [2.75, 3.05) is 5.73 Å². The number of nitrogens with two attached hydrogens (primary N) is 1. The van der Waals surface area contributed by atoms with E-state index in [2.05, 4.69) is 4.98 Å². The van der Waals surface area contributed by atoms with E-state index in [0.717, 1.165) is 11.3 Å². The molecule has 0 radical (unpaired) electrons. The van der Waals surface area contributed by atoms with Gasteiger partial charge in [0.15, 0.2) is 5.13 Å². The van der Waals surface area contributed by atoms with Gasteiger partial charge < -0.3 is 10.5 Å². The molecule has 16 heavy (non-hydrogen) atoms. The summed E-state index contributed by atoms with van der Waals surface area (Å²) in [7, 11) is 0. The lowest BCUT2D eigenvalue weighted by atomic mass is 10.2. The highest BCUT2D eigenvalue weighted by Gasteiger charge is 2.04. The number of ether oxygens (including phenoxy) is 1. The summed E-state index contributed by atoms with van der Waals surface area (Å²) >= 11 is 7.40. The Labute approximate surface area is 103 Å². The molecule has 2 rings (SSSR count). The van der Waals surface area contributed by atoms with Crippen LogP contribution in [0.4, 0.5) is 5.13 Å². The van der Waals surface area contributed by atoms with Crippen LogP contribution in [0.1, 0.15) is 11.3 Å². The molecule has 0 bridgehead atoms. The van der Waals surface area contributed by atoms with E-state index in [1.54, 1.807) is 0 Å². The zero-order chi connectivity index (χ0) is 11.5. The average molecular weight is 255 g/mol. The molecule has 5 heteroatoms. The van der Waals surface area contributed by atoms with Gasteiger partial charge in [-0.05, 0) is 24.6 Å². The number of benzene rings is 1. The first-order valence-electron chi connectivity index (χ1n) is 4.74. The monoisotopic (exact) mass is 254 g/mol. The summed E-state index contributed by atoms with van der Waals surface area (Å²) in [4.78, 5) is 4.11. The molecule has 0 atom stereocenters. The number of hydrogen-bond donors (Lipinski definition) is 1. The fourth-order valence-electron chi connectivity index (χ4n) is 1.26. The van der Waals surface area contributed by atoms with Crippen LogP contribution in [-0.4, -0.2) is 4.98 Å². The highest BCUT2D eigenvalue weighted by molar-refractivity contribution is 7.13. The minimum atomic E-state index is 0.386. The van der Waals surface area contributed by atoms with Gasteiger partial charge in [-0.2, -0.15) is 0 Å². The van der Waals surface area contributed by atoms with Gasteiger partial charge in [0.2, 0.25) is 0 Å². The maximum Gasteiger partial charge on any atom is 0.180 e. The first-order valence-corrected chi connectivity index (χ1v) is 6.00. The number of aryl methyl sites for hydroxylation is 1. The maximum atomic E-state index is 6.00. The molecule has 0 saturated heterocycles. The van der Waals surface area contributed by atoms with Crippen LogP contribution in [0.2, 0.25) is 5.02 Å². The lowest BCUT2D eigenvalue weighted by Gasteiger charge is -2.07. The second-order valence-corrected chi connectivity index (χ2v) is 4.70. The van der Waals surface area contributed by atoms with Crippen LogP contribution in [0.15, 0.2) is 23.6 Å². The highest BCUT2D eigenvalue weighted by Crippen LogP contribution is 2.26. The number of anilines is 1.